The number of carbonyl (C=O) groups is 2. The van der Waals surface area contributed by atoms with Crippen molar-refractivity contribution in [2.75, 3.05) is 13.2 Å². The fraction of sp³-hybridized carbons (Fsp3) is 0.286. The van der Waals surface area contributed by atoms with Crippen LogP contribution in [-0.2, 0) is 16.0 Å². The molecule has 41 heavy (non-hydrogen) atoms. The maximum absolute atomic E-state index is 12.7. The van der Waals surface area contributed by atoms with Gasteiger partial charge in [0.15, 0.2) is 0 Å². The lowest BCUT2D eigenvalue weighted by Crippen LogP contribution is -2.10. The number of rotatable bonds is 15. The summed E-state index contributed by atoms with van der Waals surface area (Å²) in [5, 5.41) is 7.78. The first kappa shape index (κ1) is 30.9. The van der Waals surface area contributed by atoms with E-state index in [2.05, 4.69) is 37.5 Å². The van der Waals surface area contributed by atoms with Gasteiger partial charge in [-0.15, -0.1) is 0 Å². The first-order valence-corrected chi connectivity index (χ1v) is 14.0. The minimum absolute atomic E-state index is 0.301. The van der Waals surface area contributed by atoms with Gasteiger partial charge in [-0.25, -0.2) is 9.59 Å². The van der Waals surface area contributed by atoms with Crippen LogP contribution in [0.1, 0.15) is 78.1 Å². The Balaban J connectivity index is 1.47. The second kappa shape index (κ2) is 17.1. The molecule has 0 amide bonds. The molecule has 3 aromatic rings. The number of carbonyl (C=O) groups excluding carboxylic acids is 2. The van der Waals surface area contributed by atoms with Gasteiger partial charge in [-0.2, -0.15) is 0 Å². The molecular weight excluding hydrogens is 514 g/mol. The van der Waals surface area contributed by atoms with E-state index < -0.39 is 11.9 Å². The molecular formula is C35H37NO5. The largest absolute Gasteiger partial charge is 0.494 e. The molecule has 0 bridgehead atoms. The Kier molecular flexibility index (Phi) is 12.9. The van der Waals surface area contributed by atoms with E-state index in [0.717, 1.165) is 55.5 Å². The Morgan fingerprint density at radius 1 is 0.854 bits per heavy atom. The molecule has 0 atom stereocenters. The molecule has 0 saturated heterocycles. The molecule has 0 aromatic heterocycles. The summed E-state index contributed by atoms with van der Waals surface area (Å²) in [6, 6.07) is 20.2. The van der Waals surface area contributed by atoms with E-state index in [4.69, 9.17) is 19.6 Å². The minimum Gasteiger partial charge on any atom is -0.494 e. The minimum atomic E-state index is -0.515. The molecule has 212 valence electrons. The average Bonchev–Trinajstić information content (AvgIpc) is 3.01. The number of hydrogen-bond donors (Lipinski definition) is 1. The highest BCUT2D eigenvalue weighted by Crippen LogP contribution is 2.21. The quantitative estimate of drug-likeness (QED) is 0.0534. The van der Waals surface area contributed by atoms with Crippen LogP contribution < -0.4 is 9.47 Å². The van der Waals surface area contributed by atoms with Gasteiger partial charge in [0.2, 0.25) is 0 Å². The molecule has 3 aromatic carbocycles. The lowest BCUT2D eigenvalue weighted by atomic mass is 10.1. The van der Waals surface area contributed by atoms with Gasteiger partial charge in [0.05, 0.1) is 18.8 Å². The SMILES string of the molecule is C=CC(=O)OCCCCCCOc1ccc(C(=O)Oc2ccc(C#Cc3ccc(CCCC)cc3)cc2C=N)cc1. The Labute approximate surface area is 242 Å². The normalized spacial score (nSPS) is 10.2. The highest BCUT2D eigenvalue weighted by Gasteiger charge is 2.12. The maximum atomic E-state index is 12.7. The molecule has 0 aliphatic carbocycles. The second-order valence-electron chi connectivity index (χ2n) is 9.50. The van der Waals surface area contributed by atoms with Crippen molar-refractivity contribution in [3.8, 4) is 23.3 Å². The molecule has 6 heteroatoms. The molecule has 0 spiro atoms. The number of hydrogen-bond acceptors (Lipinski definition) is 6. The van der Waals surface area contributed by atoms with Crippen LogP contribution in [-0.4, -0.2) is 31.4 Å². The van der Waals surface area contributed by atoms with E-state index in [1.165, 1.54) is 18.4 Å². The fourth-order valence-corrected chi connectivity index (χ4v) is 3.94. The summed E-state index contributed by atoms with van der Waals surface area (Å²) in [6.45, 7) is 6.50. The van der Waals surface area contributed by atoms with Gasteiger partial charge < -0.3 is 19.6 Å². The number of unbranched alkanes of at least 4 members (excludes halogenated alkanes) is 4. The third-order valence-electron chi connectivity index (χ3n) is 6.30. The summed E-state index contributed by atoms with van der Waals surface area (Å²) in [5.74, 6) is 6.34. The molecule has 0 heterocycles. The number of esters is 2. The first-order chi connectivity index (χ1) is 20.0. The predicted octanol–water partition coefficient (Wildman–Crippen LogP) is 7.31. The van der Waals surface area contributed by atoms with Crippen LogP contribution in [0.5, 0.6) is 11.5 Å². The lowest BCUT2D eigenvalue weighted by molar-refractivity contribution is -0.137. The Morgan fingerprint density at radius 3 is 2.22 bits per heavy atom. The van der Waals surface area contributed by atoms with Crippen LogP contribution in [0.15, 0.2) is 79.4 Å². The summed E-state index contributed by atoms with van der Waals surface area (Å²) >= 11 is 0. The van der Waals surface area contributed by atoms with E-state index in [1.807, 2.05) is 12.1 Å². The maximum Gasteiger partial charge on any atom is 0.343 e. The van der Waals surface area contributed by atoms with Gasteiger partial charge in [0.1, 0.15) is 11.5 Å². The number of aryl methyl sites for hydroxylation is 1. The summed E-state index contributed by atoms with van der Waals surface area (Å²) in [7, 11) is 0. The van der Waals surface area contributed by atoms with Gasteiger partial charge in [-0.05, 0) is 98.7 Å². The van der Waals surface area contributed by atoms with Gasteiger partial charge in [0.25, 0.3) is 0 Å². The van der Waals surface area contributed by atoms with Gasteiger partial charge in [0, 0.05) is 29.0 Å². The van der Waals surface area contributed by atoms with Gasteiger partial charge in [-0.1, -0.05) is 43.9 Å². The smallest absolute Gasteiger partial charge is 0.343 e. The summed E-state index contributed by atoms with van der Waals surface area (Å²) < 4.78 is 16.3. The van der Waals surface area contributed by atoms with Crippen molar-refractivity contribution in [3.05, 3.63) is 107 Å². The Bertz CT molecular complexity index is 1360. The van der Waals surface area contributed by atoms with E-state index >= 15 is 0 Å². The van der Waals surface area contributed by atoms with Crippen molar-refractivity contribution < 1.29 is 23.8 Å². The summed E-state index contributed by atoms with van der Waals surface area (Å²) in [5.41, 5.74) is 3.82. The molecule has 0 aliphatic rings. The highest BCUT2D eigenvalue weighted by atomic mass is 16.5. The molecule has 3 rings (SSSR count). The Morgan fingerprint density at radius 2 is 1.54 bits per heavy atom. The Hall–Kier alpha value is -4.63. The van der Waals surface area contributed by atoms with E-state index in [1.54, 1.807) is 42.5 Å². The second-order valence-corrected chi connectivity index (χ2v) is 9.50. The van der Waals surface area contributed by atoms with Crippen LogP contribution in [0.3, 0.4) is 0 Å². The van der Waals surface area contributed by atoms with Crippen LogP contribution in [0.4, 0.5) is 0 Å². The molecule has 0 unspecified atom stereocenters. The summed E-state index contributed by atoms with van der Waals surface area (Å²) in [4.78, 5) is 23.7. The number of nitrogens with one attached hydrogen (secondary N) is 1. The zero-order chi connectivity index (χ0) is 29.3. The van der Waals surface area contributed by atoms with Crippen molar-refractivity contribution >= 4 is 18.2 Å². The third kappa shape index (κ3) is 10.8. The monoisotopic (exact) mass is 551 g/mol. The molecule has 6 nitrogen and oxygen atoms in total. The van der Waals surface area contributed by atoms with Crippen LogP contribution >= 0.6 is 0 Å². The average molecular weight is 552 g/mol. The standard InChI is InChI=1S/C35H37NO5/c1-3-5-10-27-11-13-28(14-12-27)15-16-29-17-22-33(31(25-29)26-36)41-35(38)30-18-20-32(21-19-30)39-23-8-6-7-9-24-40-34(37)4-2/h4,11-14,17-22,25-26,36H,2-3,5-10,23-24H2,1H3. The van der Waals surface area contributed by atoms with Gasteiger partial charge >= 0.3 is 11.9 Å². The molecule has 0 fully saturated rings. The van der Waals surface area contributed by atoms with Crippen molar-refractivity contribution in [2.24, 2.45) is 0 Å². The van der Waals surface area contributed by atoms with Crippen molar-refractivity contribution in [1.82, 2.24) is 0 Å². The summed E-state index contributed by atoms with van der Waals surface area (Å²) in [6.07, 6.45) is 9.32. The number of benzene rings is 3. The fourth-order valence-electron chi connectivity index (χ4n) is 3.94. The highest BCUT2D eigenvalue weighted by molar-refractivity contribution is 5.93. The lowest BCUT2D eigenvalue weighted by Gasteiger charge is -2.09. The van der Waals surface area contributed by atoms with E-state index in [-0.39, 0.29) is 0 Å². The first-order valence-electron chi connectivity index (χ1n) is 14.0. The zero-order valence-corrected chi connectivity index (χ0v) is 23.6. The van der Waals surface area contributed by atoms with Crippen LogP contribution in [0, 0.1) is 17.3 Å². The molecule has 1 N–H and O–H groups in total. The third-order valence-corrected chi connectivity index (χ3v) is 6.30. The van der Waals surface area contributed by atoms with Crippen LogP contribution in [0.2, 0.25) is 0 Å². The van der Waals surface area contributed by atoms with Crippen molar-refractivity contribution in [3.63, 3.8) is 0 Å². The van der Waals surface area contributed by atoms with Crippen molar-refractivity contribution in [2.45, 2.75) is 51.9 Å². The van der Waals surface area contributed by atoms with E-state index in [0.29, 0.717) is 35.8 Å². The number of ether oxygens (including phenoxy) is 3. The van der Waals surface area contributed by atoms with Crippen molar-refractivity contribution in [1.29, 1.82) is 5.41 Å². The molecule has 0 aliphatic heterocycles. The topological polar surface area (TPSA) is 85.7 Å². The zero-order valence-electron chi connectivity index (χ0n) is 23.6. The van der Waals surface area contributed by atoms with E-state index in [9.17, 15) is 9.59 Å². The predicted molar refractivity (Wildman–Crippen MR) is 162 cm³/mol. The van der Waals surface area contributed by atoms with Crippen LogP contribution in [0.25, 0.3) is 0 Å². The molecule has 0 radical (unpaired) electrons. The van der Waals surface area contributed by atoms with Gasteiger partial charge in [-0.3, -0.25) is 0 Å². The molecule has 0 saturated carbocycles.